The van der Waals surface area contributed by atoms with Crippen LogP contribution in [0.5, 0.6) is 0 Å². The number of hydrogen-bond donors (Lipinski definition) is 1. The number of carbonyl (C=O) groups excluding carboxylic acids is 1. The van der Waals surface area contributed by atoms with Crippen molar-refractivity contribution >= 4 is 11.6 Å². The summed E-state index contributed by atoms with van der Waals surface area (Å²) in [6, 6.07) is 5.87. The SMILES string of the molecule is Cc1noc(C)c1CN(C)C(=O)c1ccc2c(c1)NCC2. The van der Waals surface area contributed by atoms with Crippen LogP contribution in [0.25, 0.3) is 0 Å². The van der Waals surface area contributed by atoms with Crippen molar-refractivity contribution in [2.45, 2.75) is 26.8 Å². The van der Waals surface area contributed by atoms with Crippen molar-refractivity contribution < 1.29 is 9.32 Å². The van der Waals surface area contributed by atoms with E-state index in [2.05, 4.69) is 10.5 Å². The Morgan fingerprint density at radius 1 is 1.43 bits per heavy atom. The third-order valence-corrected chi connectivity index (χ3v) is 3.99. The number of rotatable bonds is 3. The minimum atomic E-state index is 0.00602. The summed E-state index contributed by atoms with van der Waals surface area (Å²) in [5.41, 5.74) is 4.87. The molecule has 2 heterocycles. The summed E-state index contributed by atoms with van der Waals surface area (Å²) in [6.45, 7) is 5.21. The molecule has 1 amide bonds. The van der Waals surface area contributed by atoms with Crippen molar-refractivity contribution in [2.75, 3.05) is 18.9 Å². The number of nitrogens with zero attached hydrogens (tertiary/aromatic N) is 2. The van der Waals surface area contributed by atoms with Crippen molar-refractivity contribution in [1.29, 1.82) is 0 Å². The molecule has 3 rings (SSSR count). The van der Waals surface area contributed by atoms with Crippen molar-refractivity contribution in [3.05, 3.63) is 46.3 Å². The zero-order chi connectivity index (χ0) is 15.0. The maximum atomic E-state index is 12.5. The summed E-state index contributed by atoms with van der Waals surface area (Å²) in [5, 5.41) is 7.23. The topological polar surface area (TPSA) is 58.4 Å². The molecule has 110 valence electrons. The van der Waals surface area contributed by atoms with Crippen LogP contribution in [0.3, 0.4) is 0 Å². The highest BCUT2D eigenvalue weighted by atomic mass is 16.5. The summed E-state index contributed by atoms with van der Waals surface area (Å²) in [4.78, 5) is 14.2. The molecule has 1 aromatic heterocycles. The summed E-state index contributed by atoms with van der Waals surface area (Å²) < 4.78 is 5.14. The van der Waals surface area contributed by atoms with Crippen LogP contribution in [0.15, 0.2) is 22.7 Å². The molecular weight excluding hydrogens is 266 g/mol. The van der Waals surface area contributed by atoms with Crippen LogP contribution in [0.1, 0.15) is 32.9 Å². The van der Waals surface area contributed by atoms with Crippen LogP contribution in [0.2, 0.25) is 0 Å². The largest absolute Gasteiger partial charge is 0.384 e. The van der Waals surface area contributed by atoms with Gasteiger partial charge in [0, 0.05) is 30.4 Å². The summed E-state index contributed by atoms with van der Waals surface area (Å²) in [5.74, 6) is 0.772. The van der Waals surface area contributed by atoms with E-state index in [1.165, 1.54) is 5.56 Å². The van der Waals surface area contributed by atoms with E-state index in [9.17, 15) is 4.79 Å². The van der Waals surface area contributed by atoms with Crippen LogP contribution in [0.4, 0.5) is 5.69 Å². The van der Waals surface area contributed by atoms with Crippen molar-refractivity contribution in [2.24, 2.45) is 0 Å². The molecule has 0 radical (unpaired) electrons. The van der Waals surface area contributed by atoms with Crippen LogP contribution in [0, 0.1) is 13.8 Å². The standard InChI is InChI=1S/C16H19N3O2/c1-10-14(11(2)21-18-10)9-19(3)16(20)13-5-4-12-6-7-17-15(12)8-13/h4-5,8,17H,6-7,9H2,1-3H3. The van der Waals surface area contributed by atoms with Gasteiger partial charge in [0.2, 0.25) is 0 Å². The Morgan fingerprint density at radius 2 is 2.24 bits per heavy atom. The molecule has 0 spiro atoms. The molecule has 1 aromatic carbocycles. The monoisotopic (exact) mass is 285 g/mol. The molecule has 0 bridgehead atoms. The van der Waals surface area contributed by atoms with Gasteiger partial charge in [0.1, 0.15) is 5.76 Å². The Hall–Kier alpha value is -2.30. The van der Waals surface area contributed by atoms with Crippen molar-refractivity contribution in [3.8, 4) is 0 Å². The molecule has 0 atom stereocenters. The lowest BCUT2D eigenvalue weighted by molar-refractivity contribution is 0.0784. The van der Waals surface area contributed by atoms with Crippen LogP contribution < -0.4 is 5.32 Å². The zero-order valence-corrected chi connectivity index (χ0v) is 12.6. The number of aromatic nitrogens is 1. The molecule has 21 heavy (non-hydrogen) atoms. The number of anilines is 1. The Labute approximate surface area is 123 Å². The highest BCUT2D eigenvalue weighted by molar-refractivity contribution is 5.95. The van der Waals surface area contributed by atoms with Gasteiger partial charge in [-0.3, -0.25) is 4.79 Å². The van der Waals surface area contributed by atoms with E-state index in [1.54, 1.807) is 11.9 Å². The molecule has 5 nitrogen and oxygen atoms in total. The van der Waals surface area contributed by atoms with E-state index in [1.807, 2.05) is 32.0 Å². The first-order valence-corrected chi connectivity index (χ1v) is 7.10. The van der Waals surface area contributed by atoms with Gasteiger partial charge in [-0.2, -0.15) is 0 Å². The van der Waals surface area contributed by atoms with E-state index in [0.717, 1.165) is 35.7 Å². The lowest BCUT2D eigenvalue weighted by Crippen LogP contribution is -2.26. The normalized spacial score (nSPS) is 12.9. The van der Waals surface area contributed by atoms with Gasteiger partial charge in [-0.05, 0) is 38.0 Å². The maximum Gasteiger partial charge on any atom is 0.253 e. The minimum absolute atomic E-state index is 0.00602. The average molecular weight is 285 g/mol. The molecule has 2 aromatic rings. The molecule has 1 aliphatic rings. The first-order valence-electron chi connectivity index (χ1n) is 7.10. The molecule has 1 aliphatic heterocycles. The van der Waals surface area contributed by atoms with E-state index in [-0.39, 0.29) is 5.91 Å². The molecule has 0 saturated heterocycles. The van der Waals surface area contributed by atoms with E-state index in [4.69, 9.17) is 4.52 Å². The molecule has 0 fully saturated rings. The highest BCUT2D eigenvalue weighted by Gasteiger charge is 2.19. The highest BCUT2D eigenvalue weighted by Crippen LogP contribution is 2.24. The Kier molecular flexibility index (Phi) is 3.41. The van der Waals surface area contributed by atoms with E-state index in [0.29, 0.717) is 12.1 Å². The first kappa shape index (κ1) is 13.7. The molecule has 0 saturated carbocycles. The third-order valence-electron chi connectivity index (χ3n) is 3.99. The third kappa shape index (κ3) is 2.51. The fourth-order valence-electron chi connectivity index (χ4n) is 2.68. The second-order valence-electron chi connectivity index (χ2n) is 5.51. The lowest BCUT2D eigenvalue weighted by atomic mass is 10.1. The Bertz CT molecular complexity index is 671. The van der Waals surface area contributed by atoms with Gasteiger partial charge < -0.3 is 14.7 Å². The van der Waals surface area contributed by atoms with Crippen LogP contribution >= 0.6 is 0 Å². The second kappa shape index (κ2) is 5.24. The number of fused-ring (bicyclic) bond motifs is 1. The Balaban J connectivity index is 1.78. The molecule has 5 heteroatoms. The smallest absolute Gasteiger partial charge is 0.253 e. The van der Waals surface area contributed by atoms with Gasteiger partial charge in [0.25, 0.3) is 5.91 Å². The van der Waals surface area contributed by atoms with Gasteiger partial charge >= 0.3 is 0 Å². The second-order valence-corrected chi connectivity index (χ2v) is 5.51. The van der Waals surface area contributed by atoms with Gasteiger partial charge in [-0.15, -0.1) is 0 Å². The van der Waals surface area contributed by atoms with E-state index >= 15 is 0 Å². The maximum absolute atomic E-state index is 12.5. The molecule has 0 unspecified atom stereocenters. The van der Waals surface area contributed by atoms with Crippen molar-refractivity contribution in [1.82, 2.24) is 10.1 Å². The number of carbonyl (C=O) groups is 1. The van der Waals surface area contributed by atoms with Gasteiger partial charge in [0.05, 0.1) is 12.2 Å². The number of nitrogens with one attached hydrogen (secondary N) is 1. The fraction of sp³-hybridized carbons (Fsp3) is 0.375. The van der Waals surface area contributed by atoms with Gasteiger partial charge in [-0.1, -0.05) is 11.2 Å². The summed E-state index contributed by atoms with van der Waals surface area (Å²) >= 11 is 0. The Morgan fingerprint density at radius 3 is 2.95 bits per heavy atom. The zero-order valence-electron chi connectivity index (χ0n) is 12.6. The number of benzene rings is 1. The number of amides is 1. The van der Waals surface area contributed by atoms with Crippen LogP contribution in [-0.4, -0.2) is 29.6 Å². The predicted molar refractivity (Wildman–Crippen MR) is 80.4 cm³/mol. The number of hydrogen-bond acceptors (Lipinski definition) is 4. The quantitative estimate of drug-likeness (QED) is 0.941. The summed E-state index contributed by atoms with van der Waals surface area (Å²) in [6.07, 6.45) is 1.03. The van der Waals surface area contributed by atoms with Crippen molar-refractivity contribution in [3.63, 3.8) is 0 Å². The molecule has 0 aliphatic carbocycles. The van der Waals surface area contributed by atoms with Gasteiger partial charge in [-0.25, -0.2) is 0 Å². The average Bonchev–Trinajstić information content (AvgIpc) is 3.07. The van der Waals surface area contributed by atoms with Crippen LogP contribution in [-0.2, 0) is 13.0 Å². The lowest BCUT2D eigenvalue weighted by Gasteiger charge is -2.17. The first-order chi connectivity index (χ1) is 10.1. The minimum Gasteiger partial charge on any atom is -0.384 e. The summed E-state index contributed by atoms with van der Waals surface area (Å²) in [7, 11) is 1.80. The van der Waals surface area contributed by atoms with E-state index < -0.39 is 0 Å². The fourth-order valence-corrected chi connectivity index (χ4v) is 2.68. The molecule has 1 N–H and O–H groups in total. The molecular formula is C16H19N3O2. The predicted octanol–water partition coefficient (Wildman–Crippen LogP) is 2.53. The van der Waals surface area contributed by atoms with Gasteiger partial charge in [0.15, 0.2) is 0 Å². The number of aryl methyl sites for hydroxylation is 2.